The highest BCUT2D eigenvalue weighted by Gasteiger charge is 2.04. The second-order valence-electron chi connectivity index (χ2n) is 4.53. The van der Waals surface area contributed by atoms with Crippen LogP contribution in [0.1, 0.15) is 17.0 Å². The van der Waals surface area contributed by atoms with Crippen LogP contribution in [0.15, 0.2) is 30.6 Å². The monoisotopic (exact) mass is 270 g/mol. The molecule has 0 fully saturated rings. The fourth-order valence-corrected chi connectivity index (χ4v) is 2.01. The molecule has 1 heterocycles. The molecule has 0 atom stereocenters. The van der Waals surface area contributed by atoms with Gasteiger partial charge in [0, 0.05) is 39.0 Å². The Bertz CT molecular complexity index is 613. The number of nitrogens with one attached hydrogen (secondary N) is 1. The van der Waals surface area contributed by atoms with Crippen LogP contribution in [-0.4, -0.2) is 23.2 Å². The van der Waals surface area contributed by atoms with Gasteiger partial charge in [0.25, 0.3) is 0 Å². The molecule has 2 aromatic rings. The number of rotatable bonds is 6. The molecule has 20 heavy (non-hydrogen) atoms. The molecule has 1 aromatic heterocycles. The minimum Gasteiger partial charge on any atom is -0.495 e. The van der Waals surface area contributed by atoms with Crippen LogP contribution in [0.4, 0.5) is 0 Å². The number of aromatic nitrogens is 2. The molecular weight excluding hydrogens is 252 g/mol. The third-order valence-corrected chi connectivity index (χ3v) is 3.16. The van der Waals surface area contributed by atoms with Crippen molar-refractivity contribution in [2.75, 3.05) is 13.7 Å². The van der Waals surface area contributed by atoms with E-state index in [0.717, 1.165) is 30.9 Å². The molecule has 2 rings (SSSR count). The van der Waals surface area contributed by atoms with E-state index < -0.39 is 0 Å². The molecule has 0 aliphatic carbocycles. The summed E-state index contributed by atoms with van der Waals surface area (Å²) < 4.78 is 7.21. The number of methoxy groups -OCH3 is 1. The van der Waals surface area contributed by atoms with Gasteiger partial charge in [-0.25, -0.2) is 4.98 Å². The van der Waals surface area contributed by atoms with E-state index in [9.17, 15) is 0 Å². The first kappa shape index (κ1) is 14.1. The van der Waals surface area contributed by atoms with Gasteiger partial charge in [-0.1, -0.05) is 6.07 Å². The molecule has 5 nitrogen and oxygen atoms in total. The van der Waals surface area contributed by atoms with Gasteiger partial charge in [0.1, 0.15) is 17.6 Å². The molecule has 1 aromatic carbocycles. The van der Waals surface area contributed by atoms with Crippen molar-refractivity contribution in [1.82, 2.24) is 14.9 Å². The number of ether oxygens (including phenoxy) is 1. The molecule has 104 valence electrons. The molecular formula is C15H18N4O. The second-order valence-corrected chi connectivity index (χ2v) is 4.53. The van der Waals surface area contributed by atoms with Crippen LogP contribution in [0.2, 0.25) is 0 Å². The van der Waals surface area contributed by atoms with E-state index in [2.05, 4.69) is 16.4 Å². The van der Waals surface area contributed by atoms with Crippen LogP contribution in [0, 0.1) is 11.3 Å². The molecule has 0 aliphatic heterocycles. The normalized spacial score (nSPS) is 10.2. The molecule has 0 radical (unpaired) electrons. The van der Waals surface area contributed by atoms with Crippen molar-refractivity contribution >= 4 is 0 Å². The highest BCUT2D eigenvalue weighted by atomic mass is 16.5. The molecule has 0 unspecified atom stereocenters. The average molecular weight is 270 g/mol. The summed E-state index contributed by atoms with van der Waals surface area (Å²) in [6.45, 7) is 1.60. The molecule has 0 saturated carbocycles. The van der Waals surface area contributed by atoms with Gasteiger partial charge in [-0.2, -0.15) is 5.26 Å². The number of nitriles is 1. The second kappa shape index (κ2) is 6.73. The largest absolute Gasteiger partial charge is 0.495 e. The van der Waals surface area contributed by atoms with E-state index in [1.807, 2.05) is 29.9 Å². The van der Waals surface area contributed by atoms with E-state index in [4.69, 9.17) is 10.00 Å². The summed E-state index contributed by atoms with van der Waals surface area (Å²) in [4.78, 5) is 4.28. The first-order valence-electron chi connectivity index (χ1n) is 6.48. The van der Waals surface area contributed by atoms with Crippen LogP contribution in [-0.2, 0) is 20.0 Å². The van der Waals surface area contributed by atoms with E-state index >= 15 is 0 Å². The maximum absolute atomic E-state index is 8.93. The third kappa shape index (κ3) is 3.37. The first-order chi connectivity index (χ1) is 9.74. The summed E-state index contributed by atoms with van der Waals surface area (Å²) in [5, 5.41) is 12.3. The van der Waals surface area contributed by atoms with Gasteiger partial charge >= 0.3 is 0 Å². The van der Waals surface area contributed by atoms with Crippen LogP contribution in [0.5, 0.6) is 5.75 Å². The minimum absolute atomic E-state index is 0.560. The maximum Gasteiger partial charge on any atom is 0.136 e. The van der Waals surface area contributed by atoms with Crippen LogP contribution in [0.3, 0.4) is 0 Å². The summed E-state index contributed by atoms with van der Waals surface area (Å²) in [5.74, 6) is 1.69. The molecule has 5 heteroatoms. The first-order valence-corrected chi connectivity index (χ1v) is 6.48. The Balaban J connectivity index is 1.85. The van der Waals surface area contributed by atoms with Crippen molar-refractivity contribution in [3.63, 3.8) is 0 Å². The van der Waals surface area contributed by atoms with Gasteiger partial charge in [-0.3, -0.25) is 0 Å². The van der Waals surface area contributed by atoms with Crippen molar-refractivity contribution in [2.45, 2.75) is 13.0 Å². The van der Waals surface area contributed by atoms with Crippen LogP contribution in [0.25, 0.3) is 0 Å². The van der Waals surface area contributed by atoms with Crippen molar-refractivity contribution in [3.05, 3.63) is 47.5 Å². The van der Waals surface area contributed by atoms with Gasteiger partial charge in [-0.15, -0.1) is 0 Å². The summed E-state index contributed by atoms with van der Waals surface area (Å²) in [7, 11) is 3.57. The predicted octanol–water partition coefficient (Wildman–Crippen LogP) is 1.63. The van der Waals surface area contributed by atoms with E-state index in [0.29, 0.717) is 11.3 Å². The van der Waals surface area contributed by atoms with Gasteiger partial charge in [0.2, 0.25) is 0 Å². The molecule has 0 amide bonds. The van der Waals surface area contributed by atoms with Crippen molar-refractivity contribution in [3.8, 4) is 11.8 Å². The summed E-state index contributed by atoms with van der Waals surface area (Å²) in [6.07, 6.45) is 4.64. The Morgan fingerprint density at radius 3 is 2.95 bits per heavy atom. The maximum atomic E-state index is 8.93. The van der Waals surface area contributed by atoms with Crippen LogP contribution < -0.4 is 10.1 Å². The van der Waals surface area contributed by atoms with Gasteiger partial charge in [0.15, 0.2) is 0 Å². The Morgan fingerprint density at radius 2 is 2.30 bits per heavy atom. The fraction of sp³-hybridized carbons (Fsp3) is 0.333. The molecule has 0 bridgehead atoms. The van der Waals surface area contributed by atoms with Crippen molar-refractivity contribution < 1.29 is 4.74 Å². The highest BCUT2D eigenvalue weighted by molar-refractivity contribution is 5.45. The molecule has 0 spiro atoms. The zero-order valence-electron chi connectivity index (χ0n) is 11.8. The molecule has 0 aliphatic rings. The zero-order chi connectivity index (χ0) is 14.4. The highest BCUT2D eigenvalue weighted by Crippen LogP contribution is 2.18. The van der Waals surface area contributed by atoms with Crippen LogP contribution >= 0.6 is 0 Å². The molecule has 1 N–H and O–H groups in total. The Hall–Kier alpha value is -2.32. The SMILES string of the molecule is COc1cc(CNCCc2nccn2C)ccc1C#N. The van der Waals surface area contributed by atoms with E-state index in [1.165, 1.54) is 0 Å². The Morgan fingerprint density at radius 1 is 1.45 bits per heavy atom. The number of benzene rings is 1. The number of aryl methyl sites for hydroxylation is 1. The number of hydrogen-bond acceptors (Lipinski definition) is 4. The summed E-state index contributed by atoms with van der Waals surface area (Å²) >= 11 is 0. The summed E-state index contributed by atoms with van der Waals surface area (Å²) in [6, 6.07) is 7.73. The Kier molecular flexibility index (Phi) is 4.75. The minimum atomic E-state index is 0.560. The topological polar surface area (TPSA) is 62.9 Å². The molecule has 0 saturated heterocycles. The lowest BCUT2D eigenvalue weighted by molar-refractivity contribution is 0.412. The van der Waals surface area contributed by atoms with Gasteiger partial charge in [0.05, 0.1) is 12.7 Å². The van der Waals surface area contributed by atoms with Gasteiger partial charge < -0.3 is 14.6 Å². The number of nitrogens with zero attached hydrogens (tertiary/aromatic N) is 3. The Labute approximate surface area is 118 Å². The van der Waals surface area contributed by atoms with Crippen molar-refractivity contribution in [2.24, 2.45) is 7.05 Å². The van der Waals surface area contributed by atoms with Gasteiger partial charge in [-0.05, 0) is 17.7 Å². The number of hydrogen-bond donors (Lipinski definition) is 1. The zero-order valence-corrected chi connectivity index (χ0v) is 11.8. The lowest BCUT2D eigenvalue weighted by Crippen LogP contribution is -2.18. The van der Waals surface area contributed by atoms with E-state index in [-0.39, 0.29) is 0 Å². The quantitative estimate of drug-likeness (QED) is 0.810. The standard InChI is InChI=1S/C15H18N4O/c1-19-8-7-18-15(19)5-6-17-11-12-3-4-13(10-16)14(9-12)20-2/h3-4,7-9,17H,5-6,11H2,1-2H3. The average Bonchev–Trinajstić information content (AvgIpc) is 2.88. The lowest BCUT2D eigenvalue weighted by atomic mass is 10.1. The predicted molar refractivity (Wildman–Crippen MR) is 76.3 cm³/mol. The number of imidazole rings is 1. The van der Waals surface area contributed by atoms with E-state index in [1.54, 1.807) is 19.4 Å². The smallest absolute Gasteiger partial charge is 0.136 e. The third-order valence-electron chi connectivity index (χ3n) is 3.16. The summed E-state index contributed by atoms with van der Waals surface area (Å²) in [5.41, 5.74) is 1.66. The fourth-order valence-electron chi connectivity index (χ4n) is 2.01. The lowest BCUT2D eigenvalue weighted by Gasteiger charge is -2.08. The van der Waals surface area contributed by atoms with Crippen molar-refractivity contribution in [1.29, 1.82) is 5.26 Å².